The van der Waals surface area contributed by atoms with E-state index in [1.807, 2.05) is 0 Å². The predicted molar refractivity (Wildman–Crippen MR) is 104 cm³/mol. The van der Waals surface area contributed by atoms with E-state index in [1.165, 1.54) is 16.8 Å². The second-order valence-electron chi connectivity index (χ2n) is 6.34. The van der Waals surface area contributed by atoms with Crippen molar-refractivity contribution in [1.29, 1.82) is 0 Å². The molecule has 0 amide bonds. The van der Waals surface area contributed by atoms with Gasteiger partial charge in [-0.15, -0.1) is 10.2 Å². The zero-order valence-electron chi connectivity index (χ0n) is 15.0. The molecule has 0 spiro atoms. The van der Waals surface area contributed by atoms with Gasteiger partial charge in [0.2, 0.25) is 10.0 Å². The minimum absolute atomic E-state index is 0.0953. The molecule has 4 rings (SSSR count). The van der Waals surface area contributed by atoms with E-state index in [4.69, 9.17) is 8.83 Å². The van der Waals surface area contributed by atoms with Crippen LogP contribution in [0, 0.1) is 0 Å². The van der Waals surface area contributed by atoms with Gasteiger partial charge in [-0.05, 0) is 48.7 Å². The molecule has 3 aromatic rings. The van der Waals surface area contributed by atoms with Crippen LogP contribution in [0.25, 0.3) is 11.7 Å². The van der Waals surface area contributed by atoms with E-state index < -0.39 is 10.0 Å². The Balaban J connectivity index is 1.46. The van der Waals surface area contributed by atoms with Gasteiger partial charge in [-0.3, -0.25) is 9.10 Å². The number of fused-ring (bicyclic) bond motifs is 1. The maximum absolute atomic E-state index is 12.6. The number of hydrogen-bond donors (Lipinski definition) is 0. The van der Waals surface area contributed by atoms with Crippen molar-refractivity contribution in [2.45, 2.75) is 18.1 Å². The van der Waals surface area contributed by atoms with E-state index in [1.54, 1.807) is 30.3 Å². The minimum atomic E-state index is -3.33. The molecule has 0 aliphatic carbocycles. The quantitative estimate of drug-likeness (QED) is 0.443. The number of furan rings is 1. The summed E-state index contributed by atoms with van der Waals surface area (Å²) in [6.45, 7) is 0.462. The average Bonchev–Trinajstić information content (AvgIpc) is 3.35. The van der Waals surface area contributed by atoms with Crippen LogP contribution >= 0.6 is 11.8 Å². The second-order valence-corrected chi connectivity index (χ2v) is 9.18. The van der Waals surface area contributed by atoms with Crippen molar-refractivity contribution >= 4 is 33.3 Å². The van der Waals surface area contributed by atoms with Crippen molar-refractivity contribution < 1.29 is 22.0 Å². The first-order valence-corrected chi connectivity index (χ1v) is 11.4. The largest absolute Gasteiger partial charge is 0.459 e. The van der Waals surface area contributed by atoms with Crippen molar-refractivity contribution in [3.8, 4) is 11.7 Å². The molecule has 0 bridgehead atoms. The lowest BCUT2D eigenvalue weighted by Crippen LogP contribution is -2.34. The predicted octanol–water partition coefficient (Wildman–Crippen LogP) is 3.02. The van der Waals surface area contributed by atoms with Crippen LogP contribution in [-0.2, 0) is 16.4 Å². The highest BCUT2D eigenvalue weighted by Gasteiger charge is 2.24. The Morgan fingerprint density at radius 2 is 2.14 bits per heavy atom. The van der Waals surface area contributed by atoms with Crippen LogP contribution in [-0.4, -0.2) is 43.0 Å². The number of benzene rings is 1. The van der Waals surface area contributed by atoms with Gasteiger partial charge in [0.1, 0.15) is 0 Å². The summed E-state index contributed by atoms with van der Waals surface area (Å²) in [5, 5.41) is 8.08. The molecule has 0 radical (unpaired) electrons. The number of hydrogen-bond acceptors (Lipinski definition) is 8. The van der Waals surface area contributed by atoms with E-state index in [9.17, 15) is 13.2 Å². The third-order valence-corrected chi connectivity index (χ3v) is 6.34. The molecule has 0 fully saturated rings. The summed E-state index contributed by atoms with van der Waals surface area (Å²) in [5.74, 6) is 0.765. The van der Waals surface area contributed by atoms with E-state index in [-0.39, 0.29) is 22.6 Å². The summed E-state index contributed by atoms with van der Waals surface area (Å²) in [5.41, 5.74) is 2.05. The number of aryl methyl sites for hydroxylation is 1. The number of aromatic nitrogens is 2. The Morgan fingerprint density at radius 3 is 2.89 bits per heavy atom. The van der Waals surface area contributed by atoms with Crippen LogP contribution in [0.1, 0.15) is 22.3 Å². The fraction of sp³-hybridized carbons (Fsp3) is 0.278. The topological polar surface area (TPSA) is 107 Å². The van der Waals surface area contributed by atoms with Crippen molar-refractivity contribution in [3.05, 3.63) is 47.7 Å². The smallest absolute Gasteiger partial charge is 0.284 e. The van der Waals surface area contributed by atoms with Crippen molar-refractivity contribution in [2.24, 2.45) is 0 Å². The number of nitrogens with zero attached hydrogens (tertiary/aromatic N) is 3. The van der Waals surface area contributed by atoms with Crippen LogP contribution in [0.5, 0.6) is 0 Å². The number of ketones is 1. The summed E-state index contributed by atoms with van der Waals surface area (Å²) in [7, 11) is -3.33. The molecular formula is C18H17N3O5S2. The lowest BCUT2D eigenvalue weighted by molar-refractivity contribution is 0.102. The molecule has 28 heavy (non-hydrogen) atoms. The Bertz CT molecular complexity index is 1110. The summed E-state index contributed by atoms with van der Waals surface area (Å²) < 4.78 is 35.9. The monoisotopic (exact) mass is 419 g/mol. The molecule has 0 atom stereocenters. The number of Topliss-reactive ketones (excluding diaryl/α,β-unsaturated/α-hetero) is 1. The molecule has 0 saturated heterocycles. The maximum Gasteiger partial charge on any atom is 0.284 e. The van der Waals surface area contributed by atoms with Gasteiger partial charge in [0.05, 0.1) is 24.0 Å². The molecule has 3 heterocycles. The fourth-order valence-corrected chi connectivity index (χ4v) is 4.71. The molecule has 2 aromatic heterocycles. The van der Waals surface area contributed by atoms with E-state index in [0.717, 1.165) is 30.2 Å². The summed E-state index contributed by atoms with van der Waals surface area (Å²) in [6.07, 6.45) is 4.17. The van der Waals surface area contributed by atoms with Gasteiger partial charge < -0.3 is 8.83 Å². The number of rotatable bonds is 6. The van der Waals surface area contributed by atoms with Crippen molar-refractivity contribution in [2.75, 3.05) is 22.9 Å². The van der Waals surface area contributed by atoms with Gasteiger partial charge >= 0.3 is 0 Å². The van der Waals surface area contributed by atoms with E-state index >= 15 is 0 Å². The molecular weight excluding hydrogens is 402 g/mol. The van der Waals surface area contributed by atoms with Gasteiger partial charge in [0, 0.05) is 12.1 Å². The van der Waals surface area contributed by atoms with Crippen LogP contribution in [0.15, 0.2) is 50.7 Å². The number of carbonyl (C=O) groups excluding carboxylic acids is 1. The van der Waals surface area contributed by atoms with Gasteiger partial charge in [-0.2, -0.15) is 0 Å². The van der Waals surface area contributed by atoms with Gasteiger partial charge in [0.25, 0.3) is 11.1 Å². The lowest BCUT2D eigenvalue weighted by atomic mass is 9.99. The third kappa shape index (κ3) is 3.83. The molecule has 146 valence electrons. The SMILES string of the molecule is CS(=O)(=O)N1CCCc2cc(C(=O)CSc3nnc(-c4ccco4)o3)ccc21. The summed E-state index contributed by atoms with van der Waals surface area (Å²) in [4.78, 5) is 12.6. The molecule has 8 nitrogen and oxygen atoms in total. The molecule has 0 unspecified atom stereocenters. The van der Waals surface area contributed by atoms with Crippen LogP contribution in [0.3, 0.4) is 0 Å². The number of carbonyl (C=O) groups is 1. The van der Waals surface area contributed by atoms with Crippen molar-refractivity contribution in [1.82, 2.24) is 10.2 Å². The summed E-state index contributed by atoms with van der Waals surface area (Å²) in [6, 6.07) is 8.57. The number of thioether (sulfide) groups is 1. The number of sulfonamides is 1. The third-order valence-electron chi connectivity index (χ3n) is 4.34. The summed E-state index contributed by atoms with van der Waals surface area (Å²) >= 11 is 1.15. The second kappa shape index (κ2) is 7.44. The standard InChI is InChI=1S/C18H17N3O5S2/c1-28(23,24)21-8-2-4-12-10-13(6-7-14(12)21)15(22)11-27-18-20-19-17(26-18)16-5-3-9-25-16/h3,5-7,9-10H,2,4,8,11H2,1H3. The normalized spacial score (nSPS) is 14.1. The first-order valence-electron chi connectivity index (χ1n) is 8.56. The average molecular weight is 419 g/mol. The Labute approximate surface area is 166 Å². The Hall–Kier alpha value is -2.59. The molecule has 1 aliphatic rings. The first kappa shape index (κ1) is 18.8. The Morgan fingerprint density at radius 1 is 1.29 bits per heavy atom. The van der Waals surface area contributed by atoms with E-state index in [2.05, 4.69) is 10.2 Å². The van der Waals surface area contributed by atoms with Crippen LogP contribution in [0.2, 0.25) is 0 Å². The number of anilines is 1. The van der Waals surface area contributed by atoms with Crippen molar-refractivity contribution in [3.63, 3.8) is 0 Å². The van der Waals surface area contributed by atoms with Crippen LogP contribution in [0.4, 0.5) is 5.69 Å². The minimum Gasteiger partial charge on any atom is -0.459 e. The lowest BCUT2D eigenvalue weighted by Gasteiger charge is -2.29. The van der Waals surface area contributed by atoms with Gasteiger partial charge in [-0.25, -0.2) is 8.42 Å². The Kier molecular flexibility index (Phi) is 4.98. The fourth-order valence-electron chi connectivity index (χ4n) is 3.06. The zero-order valence-corrected chi connectivity index (χ0v) is 16.6. The van der Waals surface area contributed by atoms with Gasteiger partial charge in [0.15, 0.2) is 11.5 Å². The molecule has 10 heteroatoms. The zero-order chi connectivity index (χ0) is 19.7. The first-order chi connectivity index (χ1) is 13.4. The highest BCUT2D eigenvalue weighted by Crippen LogP contribution is 2.30. The molecule has 0 saturated carbocycles. The molecule has 1 aliphatic heterocycles. The highest BCUT2D eigenvalue weighted by molar-refractivity contribution is 7.99. The van der Waals surface area contributed by atoms with E-state index in [0.29, 0.717) is 23.6 Å². The molecule has 1 aromatic carbocycles. The van der Waals surface area contributed by atoms with Crippen LogP contribution < -0.4 is 4.31 Å². The highest BCUT2D eigenvalue weighted by atomic mass is 32.2. The molecule has 0 N–H and O–H groups in total. The van der Waals surface area contributed by atoms with Gasteiger partial charge in [-0.1, -0.05) is 11.8 Å². The maximum atomic E-state index is 12.6.